The first-order valence-corrected chi connectivity index (χ1v) is 11.8. The van der Waals surface area contributed by atoms with Crippen molar-refractivity contribution in [2.24, 2.45) is 0 Å². The third-order valence-electron chi connectivity index (χ3n) is 6.86. The zero-order valence-electron chi connectivity index (χ0n) is 20.1. The number of amides is 1. The number of carbonyl (C=O) groups is 2. The van der Waals surface area contributed by atoms with E-state index in [-0.39, 0.29) is 30.1 Å². The lowest BCUT2D eigenvalue weighted by atomic mass is 9.94. The molecular formula is C27H29NO7. The van der Waals surface area contributed by atoms with Gasteiger partial charge in [0.25, 0.3) is 11.7 Å². The number of rotatable bonds is 6. The molecule has 2 fully saturated rings. The first-order chi connectivity index (χ1) is 16.9. The van der Waals surface area contributed by atoms with E-state index < -0.39 is 17.7 Å². The van der Waals surface area contributed by atoms with Crippen molar-refractivity contribution >= 4 is 17.4 Å². The van der Waals surface area contributed by atoms with Crippen LogP contribution in [-0.2, 0) is 20.7 Å². The summed E-state index contributed by atoms with van der Waals surface area (Å²) in [6, 6.07) is 9.80. The van der Waals surface area contributed by atoms with Crippen LogP contribution in [0.3, 0.4) is 0 Å². The molecule has 0 aliphatic carbocycles. The van der Waals surface area contributed by atoms with Crippen LogP contribution < -0.4 is 14.2 Å². The zero-order valence-corrected chi connectivity index (χ0v) is 20.1. The molecule has 3 aliphatic rings. The first kappa shape index (κ1) is 23.2. The number of likely N-dealkylation sites (tertiary alicyclic amines) is 1. The normalized spacial score (nSPS) is 25.0. The van der Waals surface area contributed by atoms with Gasteiger partial charge in [0.2, 0.25) is 0 Å². The molecule has 1 N–H and O–H groups in total. The summed E-state index contributed by atoms with van der Waals surface area (Å²) < 4.78 is 22.4. The van der Waals surface area contributed by atoms with Crippen LogP contribution >= 0.6 is 0 Å². The van der Waals surface area contributed by atoms with Gasteiger partial charge >= 0.3 is 0 Å². The Bertz CT molecular complexity index is 1200. The summed E-state index contributed by atoms with van der Waals surface area (Å²) in [7, 11) is 3.07. The molecule has 0 aromatic heterocycles. The lowest BCUT2D eigenvalue weighted by Gasteiger charge is -2.28. The number of fused-ring (bicyclic) bond motifs is 1. The van der Waals surface area contributed by atoms with Gasteiger partial charge in [0.15, 0.2) is 11.5 Å². The van der Waals surface area contributed by atoms with Gasteiger partial charge in [-0.2, -0.15) is 0 Å². The molecule has 2 aromatic carbocycles. The lowest BCUT2D eigenvalue weighted by Crippen LogP contribution is -2.36. The number of nitrogens with zero attached hydrogens (tertiary/aromatic N) is 1. The summed E-state index contributed by atoms with van der Waals surface area (Å²) in [6.07, 6.45) is 2.32. The second-order valence-corrected chi connectivity index (χ2v) is 9.16. The highest BCUT2D eigenvalue weighted by atomic mass is 16.5. The van der Waals surface area contributed by atoms with Crippen LogP contribution in [0.15, 0.2) is 42.0 Å². The third-order valence-corrected chi connectivity index (χ3v) is 6.86. The second kappa shape index (κ2) is 9.26. The maximum Gasteiger partial charge on any atom is 0.295 e. The predicted octanol–water partition coefficient (Wildman–Crippen LogP) is 3.63. The van der Waals surface area contributed by atoms with E-state index in [0.717, 1.165) is 24.2 Å². The maximum atomic E-state index is 13.3. The van der Waals surface area contributed by atoms with E-state index in [0.29, 0.717) is 35.7 Å². The lowest BCUT2D eigenvalue weighted by molar-refractivity contribution is -0.140. The molecule has 0 spiro atoms. The SMILES string of the molecule is COc1ccc(C2/C(=C(\O)c3ccc4c(c3)CC(C)O4)C(=O)C(=O)N2CC2CCCO2)cc1OC. The molecule has 1 amide bonds. The van der Waals surface area contributed by atoms with Gasteiger partial charge in [-0.25, -0.2) is 0 Å². The molecule has 0 bridgehead atoms. The molecule has 8 nitrogen and oxygen atoms in total. The Balaban J connectivity index is 1.62. The van der Waals surface area contributed by atoms with Crippen molar-refractivity contribution in [1.82, 2.24) is 4.90 Å². The first-order valence-electron chi connectivity index (χ1n) is 11.8. The Kier molecular flexibility index (Phi) is 6.15. The number of ketones is 1. The van der Waals surface area contributed by atoms with Crippen LogP contribution in [-0.4, -0.2) is 61.3 Å². The highest BCUT2D eigenvalue weighted by Gasteiger charge is 2.47. The van der Waals surface area contributed by atoms with Crippen molar-refractivity contribution in [3.05, 3.63) is 58.7 Å². The standard InChI is InChI=1S/C27H29NO7/c1-15-11-18-12-17(7-8-20(18)35-15)25(29)23-24(16-6-9-21(32-2)22(13-16)33-3)28(27(31)26(23)30)14-19-5-4-10-34-19/h6-9,12-13,15,19,24,29H,4-5,10-11,14H2,1-3H3/b25-23+. The van der Waals surface area contributed by atoms with Gasteiger partial charge in [0, 0.05) is 25.1 Å². The van der Waals surface area contributed by atoms with Gasteiger partial charge in [-0.3, -0.25) is 9.59 Å². The summed E-state index contributed by atoms with van der Waals surface area (Å²) >= 11 is 0. The number of methoxy groups -OCH3 is 2. The average Bonchev–Trinajstić information content (AvgIpc) is 3.57. The molecule has 0 saturated carbocycles. The minimum Gasteiger partial charge on any atom is -0.507 e. The van der Waals surface area contributed by atoms with Gasteiger partial charge in [-0.1, -0.05) is 6.07 Å². The molecule has 35 heavy (non-hydrogen) atoms. The smallest absolute Gasteiger partial charge is 0.295 e. The summed E-state index contributed by atoms with van der Waals surface area (Å²) in [6.45, 7) is 2.87. The van der Waals surface area contributed by atoms with Crippen LogP contribution in [0, 0.1) is 0 Å². The van der Waals surface area contributed by atoms with Gasteiger partial charge < -0.3 is 29.0 Å². The molecule has 2 saturated heterocycles. The highest BCUT2D eigenvalue weighted by Crippen LogP contribution is 2.43. The molecule has 3 atom stereocenters. The fourth-order valence-electron chi connectivity index (χ4n) is 5.17. The average molecular weight is 480 g/mol. The maximum absolute atomic E-state index is 13.3. The van der Waals surface area contributed by atoms with Crippen molar-refractivity contribution in [3.8, 4) is 17.2 Å². The number of aliphatic hydroxyl groups is 1. The Labute approximate surface area is 204 Å². The van der Waals surface area contributed by atoms with Crippen molar-refractivity contribution in [3.63, 3.8) is 0 Å². The van der Waals surface area contributed by atoms with Crippen LogP contribution in [0.25, 0.3) is 5.76 Å². The molecule has 2 aromatic rings. The van der Waals surface area contributed by atoms with Gasteiger partial charge in [0.05, 0.1) is 31.9 Å². The third kappa shape index (κ3) is 4.12. The number of benzene rings is 2. The minimum atomic E-state index is -0.789. The molecule has 0 radical (unpaired) electrons. The van der Waals surface area contributed by atoms with E-state index in [1.54, 1.807) is 37.4 Å². The number of hydrogen-bond donors (Lipinski definition) is 1. The van der Waals surface area contributed by atoms with Crippen molar-refractivity contribution in [2.75, 3.05) is 27.4 Å². The number of hydrogen-bond acceptors (Lipinski definition) is 7. The van der Waals surface area contributed by atoms with E-state index in [9.17, 15) is 14.7 Å². The zero-order chi connectivity index (χ0) is 24.7. The van der Waals surface area contributed by atoms with E-state index >= 15 is 0 Å². The van der Waals surface area contributed by atoms with Crippen LogP contribution in [0.1, 0.15) is 42.5 Å². The largest absolute Gasteiger partial charge is 0.507 e. The quantitative estimate of drug-likeness (QED) is 0.384. The number of carbonyl (C=O) groups excluding carboxylic acids is 2. The highest BCUT2D eigenvalue weighted by molar-refractivity contribution is 6.46. The van der Waals surface area contributed by atoms with Crippen LogP contribution in [0.5, 0.6) is 17.2 Å². The van der Waals surface area contributed by atoms with Gasteiger partial charge in [0.1, 0.15) is 17.6 Å². The fourth-order valence-corrected chi connectivity index (χ4v) is 5.17. The molecule has 3 unspecified atom stereocenters. The van der Waals surface area contributed by atoms with E-state index in [1.165, 1.54) is 12.0 Å². The number of aliphatic hydroxyl groups excluding tert-OH is 1. The van der Waals surface area contributed by atoms with Crippen LogP contribution in [0.2, 0.25) is 0 Å². The molecule has 3 heterocycles. The van der Waals surface area contributed by atoms with Crippen molar-refractivity contribution in [2.45, 2.75) is 44.4 Å². The summed E-state index contributed by atoms with van der Waals surface area (Å²) in [5, 5.41) is 11.4. The summed E-state index contributed by atoms with van der Waals surface area (Å²) in [4.78, 5) is 28.1. The predicted molar refractivity (Wildman–Crippen MR) is 128 cm³/mol. The monoisotopic (exact) mass is 479 g/mol. The second-order valence-electron chi connectivity index (χ2n) is 9.16. The van der Waals surface area contributed by atoms with Gasteiger partial charge in [-0.15, -0.1) is 0 Å². The van der Waals surface area contributed by atoms with E-state index in [1.807, 2.05) is 13.0 Å². The molecule has 5 rings (SSSR count). The molecule has 184 valence electrons. The molecule has 8 heteroatoms. The Hall–Kier alpha value is -3.52. The van der Waals surface area contributed by atoms with Gasteiger partial charge in [-0.05, 0) is 61.2 Å². The summed E-state index contributed by atoms with van der Waals surface area (Å²) in [5.74, 6) is 0.187. The number of Topliss-reactive ketones (excluding diaryl/α,β-unsaturated/α-hetero) is 1. The van der Waals surface area contributed by atoms with Crippen LogP contribution in [0.4, 0.5) is 0 Å². The van der Waals surface area contributed by atoms with E-state index in [2.05, 4.69) is 0 Å². The van der Waals surface area contributed by atoms with Crippen molar-refractivity contribution in [1.29, 1.82) is 0 Å². The topological polar surface area (TPSA) is 94.5 Å². The van der Waals surface area contributed by atoms with E-state index in [4.69, 9.17) is 18.9 Å². The number of ether oxygens (including phenoxy) is 4. The Morgan fingerprint density at radius 3 is 2.63 bits per heavy atom. The summed E-state index contributed by atoms with van der Waals surface area (Å²) in [5.41, 5.74) is 2.12. The van der Waals surface area contributed by atoms with Crippen molar-refractivity contribution < 1.29 is 33.6 Å². The molecular weight excluding hydrogens is 450 g/mol. The Morgan fingerprint density at radius 2 is 1.91 bits per heavy atom. The Morgan fingerprint density at radius 1 is 1.11 bits per heavy atom. The fraction of sp³-hybridized carbons (Fsp3) is 0.407. The minimum absolute atomic E-state index is 0.0474. The molecule has 3 aliphatic heterocycles.